The Labute approximate surface area is 204 Å². The van der Waals surface area contributed by atoms with E-state index in [-0.39, 0.29) is 5.82 Å². The van der Waals surface area contributed by atoms with E-state index in [9.17, 15) is 13.2 Å². The molecule has 0 aliphatic heterocycles. The number of aryl methyl sites for hydroxylation is 1. The fourth-order valence-corrected chi connectivity index (χ4v) is 4.05. The highest BCUT2D eigenvalue weighted by Gasteiger charge is 2.34. The molecule has 1 fully saturated rings. The number of benzene rings is 1. The van der Waals surface area contributed by atoms with Gasteiger partial charge in [-0.05, 0) is 18.4 Å². The Hall–Kier alpha value is -3.53. The highest BCUT2D eigenvalue weighted by atomic mass is 35.5. The van der Waals surface area contributed by atoms with Gasteiger partial charge in [-0.2, -0.15) is 13.2 Å². The van der Waals surface area contributed by atoms with Gasteiger partial charge in [-0.15, -0.1) is 0 Å². The maximum absolute atomic E-state index is 13.0. The third-order valence-corrected chi connectivity index (χ3v) is 6.11. The van der Waals surface area contributed by atoms with Gasteiger partial charge in [0.05, 0.1) is 23.5 Å². The molecule has 5 rings (SSSR count). The molecule has 0 saturated heterocycles. The summed E-state index contributed by atoms with van der Waals surface area (Å²) >= 11 is 6.41. The lowest BCUT2D eigenvalue weighted by Crippen LogP contribution is -2.05. The van der Waals surface area contributed by atoms with Gasteiger partial charge in [0.15, 0.2) is 11.5 Å². The van der Waals surface area contributed by atoms with Crippen LogP contribution in [0.25, 0.3) is 22.8 Å². The molecule has 180 valence electrons. The van der Waals surface area contributed by atoms with Crippen molar-refractivity contribution in [2.45, 2.75) is 31.4 Å². The summed E-state index contributed by atoms with van der Waals surface area (Å²) < 4.78 is 45.8. The average Bonchev–Trinajstić information content (AvgIpc) is 3.61. The van der Waals surface area contributed by atoms with Gasteiger partial charge in [0, 0.05) is 37.3 Å². The van der Waals surface area contributed by atoms with Gasteiger partial charge in [-0.3, -0.25) is 0 Å². The number of ether oxygens (including phenoxy) is 1. The van der Waals surface area contributed by atoms with Crippen molar-refractivity contribution >= 4 is 11.6 Å². The minimum atomic E-state index is -4.50. The Morgan fingerprint density at radius 1 is 1.09 bits per heavy atom. The van der Waals surface area contributed by atoms with Gasteiger partial charge in [-0.1, -0.05) is 35.9 Å². The van der Waals surface area contributed by atoms with Crippen molar-refractivity contribution < 1.29 is 17.9 Å². The van der Waals surface area contributed by atoms with E-state index >= 15 is 0 Å². The quantitative estimate of drug-likeness (QED) is 0.349. The summed E-state index contributed by atoms with van der Waals surface area (Å²) in [6.45, 7) is 0. The van der Waals surface area contributed by atoms with E-state index in [4.69, 9.17) is 21.3 Å². The zero-order valence-corrected chi connectivity index (χ0v) is 19.6. The van der Waals surface area contributed by atoms with Crippen LogP contribution in [-0.4, -0.2) is 36.6 Å². The zero-order valence-electron chi connectivity index (χ0n) is 18.8. The minimum Gasteiger partial charge on any atom is -0.480 e. The predicted octanol–water partition coefficient (Wildman–Crippen LogP) is 5.48. The van der Waals surface area contributed by atoms with Crippen molar-refractivity contribution in [1.82, 2.24) is 29.5 Å². The van der Waals surface area contributed by atoms with E-state index in [0.29, 0.717) is 45.9 Å². The summed E-state index contributed by atoms with van der Waals surface area (Å²) in [4.78, 5) is 21.5. The van der Waals surface area contributed by atoms with Gasteiger partial charge >= 0.3 is 6.18 Å². The lowest BCUT2D eigenvalue weighted by Gasteiger charge is -2.12. The molecular formula is C24H20ClF3N6O. The van der Waals surface area contributed by atoms with Crippen molar-refractivity contribution in [2.75, 3.05) is 7.11 Å². The molecule has 0 spiro atoms. The molecule has 0 amide bonds. The standard InChI is InChI=1S/C24H20ClF3N6O/c1-34-11-18(24(26,27)28)33-22(34)15-5-3-13(4-6-15)9-17-16(25)10-29-21(32-17)19-20(14-7-8-14)30-12-31-23(19)35-2/h3-6,10-12,14H,7-9H2,1-2H3. The second-order valence-corrected chi connectivity index (χ2v) is 8.75. The molecule has 1 aliphatic carbocycles. The number of nitrogens with zero attached hydrogens (tertiary/aromatic N) is 6. The number of imidazole rings is 1. The average molecular weight is 501 g/mol. The third kappa shape index (κ3) is 4.70. The second kappa shape index (κ2) is 8.92. The number of rotatable bonds is 6. The van der Waals surface area contributed by atoms with Crippen LogP contribution in [0.4, 0.5) is 13.2 Å². The maximum Gasteiger partial charge on any atom is 0.434 e. The Balaban J connectivity index is 1.44. The molecule has 7 nitrogen and oxygen atoms in total. The van der Waals surface area contributed by atoms with Gasteiger partial charge in [0.25, 0.3) is 0 Å². The summed E-state index contributed by atoms with van der Waals surface area (Å²) in [5.74, 6) is 1.41. The Morgan fingerprint density at radius 3 is 2.46 bits per heavy atom. The van der Waals surface area contributed by atoms with Crippen LogP contribution in [0, 0.1) is 0 Å². The topological polar surface area (TPSA) is 78.6 Å². The fourth-order valence-electron chi connectivity index (χ4n) is 3.90. The Kier molecular flexibility index (Phi) is 5.92. The molecule has 1 aromatic carbocycles. The molecule has 1 saturated carbocycles. The lowest BCUT2D eigenvalue weighted by molar-refractivity contribution is -0.140. The number of hydrogen-bond acceptors (Lipinski definition) is 6. The van der Waals surface area contributed by atoms with Crippen molar-refractivity contribution in [3.05, 3.63) is 70.7 Å². The molecule has 0 atom stereocenters. The van der Waals surface area contributed by atoms with Gasteiger partial charge in [0.1, 0.15) is 17.7 Å². The van der Waals surface area contributed by atoms with Crippen LogP contribution in [0.1, 0.15) is 41.4 Å². The Bertz CT molecular complexity index is 1380. The minimum absolute atomic E-state index is 0.231. The summed E-state index contributed by atoms with van der Waals surface area (Å²) in [6, 6.07) is 7.09. The molecule has 1 aliphatic rings. The molecule has 0 radical (unpaired) electrons. The first kappa shape index (κ1) is 23.2. The molecule has 4 aromatic rings. The molecule has 3 aromatic heterocycles. The number of hydrogen-bond donors (Lipinski definition) is 0. The number of alkyl halides is 3. The van der Waals surface area contributed by atoms with Crippen molar-refractivity contribution in [3.8, 4) is 28.7 Å². The SMILES string of the molecule is COc1ncnc(C2CC2)c1-c1ncc(Cl)c(Cc2ccc(-c3nc(C(F)(F)F)cn3C)cc2)n1. The van der Waals surface area contributed by atoms with Crippen LogP contribution in [0.15, 0.2) is 43.0 Å². The normalized spacial score (nSPS) is 13.8. The first-order valence-electron chi connectivity index (χ1n) is 10.8. The van der Waals surface area contributed by atoms with Crippen molar-refractivity contribution in [3.63, 3.8) is 0 Å². The van der Waals surface area contributed by atoms with Crippen molar-refractivity contribution in [1.29, 1.82) is 0 Å². The third-order valence-electron chi connectivity index (χ3n) is 5.79. The molecule has 3 heterocycles. The summed E-state index contributed by atoms with van der Waals surface area (Å²) in [5, 5.41) is 0.403. The molecule has 11 heteroatoms. The maximum atomic E-state index is 13.0. The van der Waals surface area contributed by atoms with Crippen LogP contribution in [0.2, 0.25) is 5.02 Å². The van der Waals surface area contributed by atoms with E-state index in [1.165, 1.54) is 17.9 Å². The first-order valence-corrected chi connectivity index (χ1v) is 11.2. The summed E-state index contributed by atoms with van der Waals surface area (Å²) in [7, 11) is 3.07. The van der Waals surface area contributed by atoms with Crippen LogP contribution >= 0.6 is 11.6 Å². The smallest absolute Gasteiger partial charge is 0.434 e. The van der Waals surface area contributed by atoms with E-state index in [0.717, 1.165) is 30.3 Å². The van der Waals surface area contributed by atoms with Crippen LogP contribution in [-0.2, 0) is 19.6 Å². The number of halogens is 4. The molecule has 35 heavy (non-hydrogen) atoms. The van der Waals surface area contributed by atoms with Gasteiger partial charge in [0.2, 0.25) is 5.88 Å². The number of methoxy groups -OCH3 is 1. The van der Waals surface area contributed by atoms with Crippen molar-refractivity contribution in [2.24, 2.45) is 7.05 Å². The first-order chi connectivity index (χ1) is 16.7. The highest BCUT2D eigenvalue weighted by Crippen LogP contribution is 2.45. The van der Waals surface area contributed by atoms with Gasteiger partial charge in [-0.25, -0.2) is 24.9 Å². The molecular weight excluding hydrogens is 481 g/mol. The lowest BCUT2D eigenvalue weighted by atomic mass is 10.1. The summed E-state index contributed by atoms with van der Waals surface area (Å²) in [6.07, 6.45) is 1.99. The molecule has 0 bridgehead atoms. The largest absolute Gasteiger partial charge is 0.480 e. The monoisotopic (exact) mass is 500 g/mol. The molecule has 0 N–H and O–H groups in total. The number of aromatic nitrogens is 6. The van der Waals surface area contributed by atoms with E-state index < -0.39 is 11.9 Å². The second-order valence-electron chi connectivity index (χ2n) is 8.34. The highest BCUT2D eigenvalue weighted by molar-refractivity contribution is 6.31. The van der Waals surface area contributed by atoms with E-state index in [1.54, 1.807) is 25.4 Å². The van der Waals surface area contributed by atoms with Gasteiger partial charge < -0.3 is 9.30 Å². The summed E-state index contributed by atoms with van der Waals surface area (Å²) in [5.41, 5.74) is 2.66. The van der Waals surface area contributed by atoms with Crippen LogP contribution in [0.5, 0.6) is 5.88 Å². The zero-order chi connectivity index (χ0) is 24.7. The van der Waals surface area contributed by atoms with E-state index in [2.05, 4.69) is 19.9 Å². The molecule has 0 unspecified atom stereocenters. The van der Waals surface area contributed by atoms with Crippen LogP contribution < -0.4 is 4.74 Å². The Morgan fingerprint density at radius 2 is 1.83 bits per heavy atom. The van der Waals surface area contributed by atoms with Crippen LogP contribution in [0.3, 0.4) is 0 Å². The predicted molar refractivity (Wildman–Crippen MR) is 123 cm³/mol. The fraction of sp³-hybridized carbons (Fsp3) is 0.292. The van der Waals surface area contributed by atoms with E-state index in [1.807, 2.05) is 12.1 Å².